The van der Waals surface area contributed by atoms with Crippen LogP contribution in [0.5, 0.6) is 0 Å². The summed E-state index contributed by atoms with van der Waals surface area (Å²) in [5, 5.41) is 13.5. The van der Waals surface area contributed by atoms with E-state index >= 15 is 0 Å². The van der Waals surface area contributed by atoms with Crippen LogP contribution in [-0.4, -0.2) is 42.8 Å². The van der Waals surface area contributed by atoms with Crippen LogP contribution in [0.25, 0.3) is 0 Å². The molecule has 0 fully saturated rings. The fourth-order valence-electron chi connectivity index (χ4n) is 1.97. The maximum absolute atomic E-state index is 9.45. The van der Waals surface area contributed by atoms with Crippen LogP contribution in [0, 0.1) is 0 Å². The molecule has 1 atom stereocenters. The summed E-state index contributed by atoms with van der Waals surface area (Å²) in [6.45, 7) is 8.29. The van der Waals surface area contributed by atoms with Gasteiger partial charge in [0.05, 0.1) is 12.6 Å². The lowest BCUT2D eigenvalue weighted by Gasteiger charge is -2.22. The van der Waals surface area contributed by atoms with Gasteiger partial charge in [-0.1, -0.05) is 43.6 Å². The molecule has 0 radical (unpaired) electrons. The monoisotopic (exact) mass is 270 g/mol. The van der Waals surface area contributed by atoms with E-state index in [0.717, 1.165) is 31.7 Å². The molecule has 0 aliphatic carbocycles. The van der Waals surface area contributed by atoms with E-state index in [0.29, 0.717) is 5.02 Å². The first kappa shape index (κ1) is 15.4. The molecule has 0 saturated heterocycles. The van der Waals surface area contributed by atoms with Gasteiger partial charge in [-0.25, -0.2) is 0 Å². The lowest BCUT2D eigenvalue weighted by molar-refractivity contribution is 0.233. The second kappa shape index (κ2) is 8.48. The Labute approximate surface area is 115 Å². The third-order valence-electron chi connectivity index (χ3n) is 3.18. The predicted octanol–water partition coefficient (Wildman–Crippen LogP) is 2.30. The Morgan fingerprint density at radius 2 is 1.94 bits per heavy atom. The zero-order chi connectivity index (χ0) is 13.4. The van der Waals surface area contributed by atoms with Gasteiger partial charge in [0.2, 0.25) is 0 Å². The average Bonchev–Trinajstić information content (AvgIpc) is 2.40. The van der Waals surface area contributed by atoms with E-state index in [1.165, 1.54) is 0 Å². The Kier molecular flexibility index (Phi) is 7.28. The number of aliphatic hydroxyl groups excluding tert-OH is 1. The summed E-state index contributed by atoms with van der Waals surface area (Å²) >= 11 is 6.13. The van der Waals surface area contributed by atoms with E-state index < -0.39 is 0 Å². The molecular formula is C14H23ClN2O. The molecule has 102 valence electrons. The molecule has 0 aliphatic heterocycles. The lowest BCUT2D eigenvalue weighted by Crippen LogP contribution is -2.34. The van der Waals surface area contributed by atoms with Gasteiger partial charge in [0, 0.05) is 18.1 Å². The SMILES string of the molecule is CCN(CC)CCNC(CO)c1ccccc1Cl. The molecule has 4 heteroatoms. The van der Waals surface area contributed by atoms with Gasteiger partial charge >= 0.3 is 0 Å². The number of hydrogen-bond acceptors (Lipinski definition) is 3. The third-order valence-corrected chi connectivity index (χ3v) is 3.52. The summed E-state index contributed by atoms with van der Waals surface area (Å²) in [5.74, 6) is 0. The molecular weight excluding hydrogens is 248 g/mol. The number of nitrogens with one attached hydrogen (secondary N) is 1. The van der Waals surface area contributed by atoms with Gasteiger partial charge in [-0.05, 0) is 24.7 Å². The van der Waals surface area contributed by atoms with Crippen molar-refractivity contribution >= 4 is 11.6 Å². The minimum atomic E-state index is -0.0886. The minimum absolute atomic E-state index is 0.0575. The highest BCUT2D eigenvalue weighted by atomic mass is 35.5. The highest BCUT2D eigenvalue weighted by molar-refractivity contribution is 6.31. The molecule has 0 heterocycles. The fourth-order valence-corrected chi connectivity index (χ4v) is 2.23. The van der Waals surface area contributed by atoms with Crippen molar-refractivity contribution in [3.63, 3.8) is 0 Å². The smallest absolute Gasteiger partial charge is 0.0627 e. The van der Waals surface area contributed by atoms with Crippen LogP contribution in [0.15, 0.2) is 24.3 Å². The summed E-state index contributed by atoms with van der Waals surface area (Å²) in [5.41, 5.74) is 0.959. The maximum Gasteiger partial charge on any atom is 0.0627 e. The van der Waals surface area contributed by atoms with E-state index in [9.17, 15) is 5.11 Å². The van der Waals surface area contributed by atoms with Gasteiger partial charge < -0.3 is 15.3 Å². The summed E-state index contributed by atoms with van der Waals surface area (Å²) < 4.78 is 0. The zero-order valence-corrected chi connectivity index (χ0v) is 12.0. The number of aliphatic hydroxyl groups is 1. The van der Waals surface area contributed by atoms with Crippen LogP contribution in [0.2, 0.25) is 5.02 Å². The van der Waals surface area contributed by atoms with Crippen molar-refractivity contribution in [3.05, 3.63) is 34.9 Å². The second-order valence-electron chi connectivity index (χ2n) is 4.24. The Morgan fingerprint density at radius 3 is 2.50 bits per heavy atom. The third kappa shape index (κ3) is 4.58. The van der Waals surface area contributed by atoms with Crippen LogP contribution in [0.4, 0.5) is 0 Å². The normalized spacial score (nSPS) is 12.9. The first-order chi connectivity index (χ1) is 8.72. The van der Waals surface area contributed by atoms with Crippen LogP contribution in [0.1, 0.15) is 25.5 Å². The van der Waals surface area contributed by atoms with Crippen molar-refractivity contribution in [2.45, 2.75) is 19.9 Å². The van der Waals surface area contributed by atoms with E-state index in [1.54, 1.807) is 0 Å². The molecule has 0 amide bonds. The molecule has 0 aliphatic rings. The van der Waals surface area contributed by atoms with Crippen LogP contribution >= 0.6 is 11.6 Å². The van der Waals surface area contributed by atoms with Crippen LogP contribution in [-0.2, 0) is 0 Å². The van der Waals surface area contributed by atoms with Gasteiger partial charge in [-0.15, -0.1) is 0 Å². The summed E-state index contributed by atoms with van der Waals surface area (Å²) in [4.78, 5) is 2.34. The molecule has 1 rings (SSSR count). The lowest BCUT2D eigenvalue weighted by atomic mass is 10.1. The molecule has 2 N–H and O–H groups in total. The number of hydrogen-bond donors (Lipinski definition) is 2. The van der Waals surface area contributed by atoms with Crippen LogP contribution < -0.4 is 5.32 Å². The van der Waals surface area contributed by atoms with E-state index in [4.69, 9.17) is 11.6 Å². The molecule has 18 heavy (non-hydrogen) atoms. The topological polar surface area (TPSA) is 35.5 Å². The predicted molar refractivity (Wildman–Crippen MR) is 77.1 cm³/mol. The molecule has 1 aromatic rings. The average molecular weight is 271 g/mol. The number of benzene rings is 1. The van der Waals surface area contributed by atoms with Crippen molar-refractivity contribution < 1.29 is 5.11 Å². The first-order valence-electron chi connectivity index (χ1n) is 6.53. The van der Waals surface area contributed by atoms with Gasteiger partial charge in [0.15, 0.2) is 0 Å². The van der Waals surface area contributed by atoms with Crippen LogP contribution in [0.3, 0.4) is 0 Å². The highest BCUT2D eigenvalue weighted by Crippen LogP contribution is 2.21. The van der Waals surface area contributed by atoms with Crippen molar-refractivity contribution in [3.8, 4) is 0 Å². The van der Waals surface area contributed by atoms with E-state index in [1.807, 2.05) is 24.3 Å². The standard InChI is InChI=1S/C14H23ClN2O/c1-3-17(4-2)10-9-16-14(11-18)12-7-5-6-8-13(12)15/h5-8,14,16,18H,3-4,9-11H2,1-2H3. The van der Waals surface area contributed by atoms with Gasteiger partial charge in [-0.2, -0.15) is 0 Å². The van der Waals surface area contributed by atoms with E-state index in [2.05, 4.69) is 24.1 Å². The number of halogens is 1. The number of likely N-dealkylation sites (N-methyl/N-ethyl adjacent to an activating group) is 1. The number of rotatable bonds is 8. The Bertz CT molecular complexity index is 342. The summed E-state index contributed by atoms with van der Waals surface area (Å²) in [7, 11) is 0. The molecule has 0 saturated carbocycles. The van der Waals surface area contributed by atoms with Gasteiger partial charge in [0.25, 0.3) is 0 Å². The summed E-state index contributed by atoms with van der Waals surface area (Å²) in [6.07, 6.45) is 0. The largest absolute Gasteiger partial charge is 0.394 e. The maximum atomic E-state index is 9.45. The Morgan fingerprint density at radius 1 is 1.28 bits per heavy atom. The Hall–Kier alpha value is -0.610. The quantitative estimate of drug-likeness (QED) is 0.761. The Balaban J connectivity index is 2.50. The van der Waals surface area contributed by atoms with Gasteiger partial charge in [-0.3, -0.25) is 0 Å². The van der Waals surface area contributed by atoms with Crippen molar-refractivity contribution in [2.24, 2.45) is 0 Å². The fraction of sp³-hybridized carbons (Fsp3) is 0.571. The zero-order valence-electron chi connectivity index (χ0n) is 11.2. The van der Waals surface area contributed by atoms with E-state index in [-0.39, 0.29) is 12.6 Å². The van der Waals surface area contributed by atoms with Gasteiger partial charge in [0.1, 0.15) is 0 Å². The molecule has 1 aromatic carbocycles. The minimum Gasteiger partial charge on any atom is -0.394 e. The highest BCUT2D eigenvalue weighted by Gasteiger charge is 2.12. The molecule has 0 spiro atoms. The summed E-state index contributed by atoms with van der Waals surface area (Å²) in [6, 6.07) is 7.56. The van der Waals surface area contributed by atoms with Crippen molar-refractivity contribution in [1.82, 2.24) is 10.2 Å². The molecule has 0 aromatic heterocycles. The number of nitrogens with zero attached hydrogens (tertiary/aromatic N) is 1. The molecule has 1 unspecified atom stereocenters. The molecule has 3 nitrogen and oxygen atoms in total. The second-order valence-corrected chi connectivity index (χ2v) is 4.64. The van der Waals surface area contributed by atoms with Crippen molar-refractivity contribution in [2.75, 3.05) is 32.8 Å². The first-order valence-corrected chi connectivity index (χ1v) is 6.91. The van der Waals surface area contributed by atoms with Crippen molar-refractivity contribution in [1.29, 1.82) is 0 Å². The molecule has 0 bridgehead atoms.